The van der Waals surface area contributed by atoms with E-state index in [2.05, 4.69) is 46.7 Å². The van der Waals surface area contributed by atoms with Crippen LogP contribution in [0.25, 0.3) is 44.6 Å². The zero-order valence-electron chi connectivity index (χ0n) is 35.6. The number of nitrogens with zero attached hydrogens (tertiary/aromatic N) is 3. The minimum Gasteiger partial charge on any atom is -0.486 e. The van der Waals surface area contributed by atoms with Gasteiger partial charge in [-0.15, -0.1) is 54.1 Å². The SMILES string of the molecule is [2H]C([2H])([2H])c1ccc2c(n1)oc1c(-c3cc(C([2H])([2H])C(C)(C)C)ccn3)[c-]ccc12.[2H]C([2H])(c1cc(-c2[c-]cccc2)ncc1[Si](C)(C)C)C(C)(C)C.[Ir]. The molecule has 0 aliphatic heterocycles. The van der Waals surface area contributed by atoms with Crippen LogP contribution in [0, 0.1) is 29.8 Å². The third kappa shape index (κ3) is 9.34. The van der Waals surface area contributed by atoms with Gasteiger partial charge in [-0.05, 0) is 65.2 Å². The van der Waals surface area contributed by atoms with Gasteiger partial charge in [0.25, 0.3) is 0 Å². The first-order valence-corrected chi connectivity index (χ1v) is 19.0. The van der Waals surface area contributed by atoms with Crippen LogP contribution < -0.4 is 5.19 Å². The van der Waals surface area contributed by atoms with E-state index in [1.54, 1.807) is 30.5 Å². The molecule has 0 fully saturated rings. The van der Waals surface area contributed by atoms with E-state index in [9.17, 15) is 0 Å². The van der Waals surface area contributed by atoms with Crippen molar-refractivity contribution in [1.29, 1.82) is 0 Å². The van der Waals surface area contributed by atoms with Crippen molar-refractivity contribution in [2.24, 2.45) is 10.8 Å². The van der Waals surface area contributed by atoms with Crippen LogP contribution >= 0.6 is 0 Å². The Hall–Kier alpha value is -3.44. The Morgan fingerprint density at radius 2 is 1.60 bits per heavy atom. The van der Waals surface area contributed by atoms with Crippen molar-refractivity contribution < 1.29 is 34.1 Å². The summed E-state index contributed by atoms with van der Waals surface area (Å²) in [6.45, 7) is 15.8. The summed E-state index contributed by atoms with van der Waals surface area (Å²) in [5, 5.41) is 2.57. The van der Waals surface area contributed by atoms with Gasteiger partial charge < -0.3 is 14.4 Å². The summed E-state index contributed by atoms with van der Waals surface area (Å²) in [6, 6.07) is 26.1. The molecule has 1 radical (unpaired) electrons. The molecule has 0 N–H and O–H groups in total. The smallest absolute Gasteiger partial charge is 0.216 e. The van der Waals surface area contributed by atoms with Gasteiger partial charge in [0, 0.05) is 53.2 Å². The second-order valence-electron chi connectivity index (χ2n) is 14.6. The predicted octanol–water partition coefficient (Wildman–Crippen LogP) is 10.4. The van der Waals surface area contributed by atoms with E-state index < -0.39 is 38.5 Å². The van der Waals surface area contributed by atoms with Crippen molar-refractivity contribution in [1.82, 2.24) is 15.0 Å². The van der Waals surface area contributed by atoms with Crippen LogP contribution in [-0.4, -0.2) is 23.0 Å². The van der Waals surface area contributed by atoms with E-state index in [1.807, 2.05) is 84.1 Å². The number of aromatic nitrogens is 3. The van der Waals surface area contributed by atoms with Crippen LogP contribution in [0.5, 0.6) is 0 Å². The molecule has 247 valence electrons. The number of rotatable bonds is 5. The van der Waals surface area contributed by atoms with Crippen LogP contribution in [0.2, 0.25) is 19.6 Å². The van der Waals surface area contributed by atoms with Gasteiger partial charge in [-0.25, -0.2) is 4.98 Å². The van der Waals surface area contributed by atoms with Gasteiger partial charge in [0.05, 0.1) is 13.7 Å². The summed E-state index contributed by atoms with van der Waals surface area (Å²) in [7, 11) is -1.70. The summed E-state index contributed by atoms with van der Waals surface area (Å²) in [4.78, 5) is 13.2. The molecule has 0 aliphatic carbocycles. The standard InChI is InChI=1S/C22H21N2O.C19H26NSi.Ir/c1-14-8-9-17-16-6-5-7-18(20(16)25-21(17)24-14)19-12-15(10-11-23-19)13-22(2,3)4;1-19(2,3)13-16-12-17(15-10-8-7-9-11-15)20-14-18(16)21(4,5)6;/h5-6,8-12H,13H2,1-4H3;7-10,12,14H,13H2,1-6H3;/q2*-1;/i1D3,13D2;13D2;. The Balaban J connectivity index is 0.000000245. The average molecular weight is 825 g/mol. The molecule has 0 bridgehead atoms. The molecule has 4 aromatic heterocycles. The molecule has 0 aliphatic rings. The number of fused-ring (bicyclic) bond motifs is 3. The molecule has 4 nitrogen and oxygen atoms in total. The average Bonchev–Trinajstić information content (AvgIpc) is 3.45. The predicted molar refractivity (Wildman–Crippen MR) is 196 cm³/mol. The maximum atomic E-state index is 8.75. The second-order valence-corrected chi connectivity index (χ2v) is 19.6. The fraction of sp³-hybridized carbons (Fsp3) is 0.341. The maximum Gasteiger partial charge on any atom is 0.216 e. The van der Waals surface area contributed by atoms with Crippen LogP contribution in [0.1, 0.15) is 68.0 Å². The first-order valence-electron chi connectivity index (χ1n) is 19.0. The van der Waals surface area contributed by atoms with Gasteiger partial charge in [-0.3, -0.25) is 0 Å². The minimum absolute atomic E-state index is 0. The number of benzene rings is 2. The van der Waals surface area contributed by atoms with E-state index in [-0.39, 0.29) is 31.5 Å². The zero-order valence-corrected chi connectivity index (χ0v) is 32.0. The molecule has 6 heteroatoms. The van der Waals surface area contributed by atoms with E-state index in [0.29, 0.717) is 27.8 Å². The molecule has 6 rings (SSSR count). The molecule has 6 aromatic rings. The summed E-state index contributed by atoms with van der Waals surface area (Å²) in [5.74, 6) is 0. The molecule has 0 spiro atoms. The van der Waals surface area contributed by atoms with Crippen molar-refractivity contribution in [3.05, 3.63) is 108 Å². The van der Waals surface area contributed by atoms with Crippen molar-refractivity contribution in [3.63, 3.8) is 0 Å². The van der Waals surface area contributed by atoms with Crippen LogP contribution in [0.15, 0.2) is 83.5 Å². The van der Waals surface area contributed by atoms with Crippen molar-refractivity contribution in [3.8, 4) is 22.5 Å². The van der Waals surface area contributed by atoms with Crippen molar-refractivity contribution in [2.45, 2.75) is 80.8 Å². The van der Waals surface area contributed by atoms with Crippen LogP contribution in [0.4, 0.5) is 0 Å². The van der Waals surface area contributed by atoms with Gasteiger partial charge in [-0.1, -0.05) is 95.4 Å². The van der Waals surface area contributed by atoms with E-state index in [0.717, 1.165) is 27.4 Å². The second kappa shape index (κ2) is 14.4. The fourth-order valence-corrected chi connectivity index (χ4v) is 6.55. The summed E-state index contributed by atoms with van der Waals surface area (Å²) in [6.07, 6.45) is 0.480. The number of hydrogen-bond donors (Lipinski definition) is 0. The minimum atomic E-state index is -2.32. The Morgan fingerprint density at radius 1 is 0.830 bits per heavy atom. The number of furan rings is 1. The summed E-state index contributed by atoms with van der Waals surface area (Å²) >= 11 is 0. The zero-order chi connectivity index (χ0) is 39.4. The molecule has 0 atom stereocenters. The number of pyridine rings is 3. The molecular formula is C41H47IrN3OSi-2. The Bertz CT molecular complexity index is 2250. The quantitative estimate of drug-likeness (QED) is 0.128. The third-order valence-electron chi connectivity index (χ3n) is 7.04. The third-order valence-corrected chi connectivity index (χ3v) is 9.06. The topological polar surface area (TPSA) is 51.8 Å². The number of hydrogen-bond acceptors (Lipinski definition) is 4. The molecule has 47 heavy (non-hydrogen) atoms. The van der Waals surface area contributed by atoms with E-state index >= 15 is 0 Å². The molecule has 0 unspecified atom stereocenters. The Kier molecular flexibility index (Phi) is 8.40. The summed E-state index contributed by atoms with van der Waals surface area (Å²) < 4.78 is 63.3. The van der Waals surface area contributed by atoms with Crippen molar-refractivity contribution >= 4 is 35.3 Å². The monoisotopic (exact) mass is 825 g/mol. The molecule has 2 aromatic carbocycles. The Morgan fingerprint density at radius 3 is 2.26 bits per heavy atom. The molecule has 4 heterocycles. The van der Waals surface area contributed by atoms with Crippen LogP contribution in [-0.2, 0) is 32.9 Å². The first kappa shape index (κ1) is 27.5. The van der Waals surface area contributed by atoms with Gasteiger partial charge in [0.1, 0.15) is 0 Å². The molecule has 0 saturated carbocycles. The number of aryl methyl sites for hydroxylation is 1. The Labute approximate surface area is 305 Å². The van der Waals surface area contributed by atoms with Gasteiger partial charge in [-0.2, -0.15) is 0 Å². The van der Waals surface area contributed by atoms with Gasteiger partial charge in [0.2, 0.25) is 5.71 Å². The fourth-order valence-electron chi connectivity index (χ4n) is 5.15. The normalized spacial score (nSPS) is 15.1. The molecular weight excluding hydrogens is 771 g/mol. The van der Waals surface area contributed by atoms with Crippen molar-refractivity contribution in [2.75, 3.05) is 0 Å². The molecule has 0 saturated heterocycles. The summed E-state index contributed by atoms with van der Waals surface area (Å²) in [5.41, 5.74) is 3.71. The van der Waals surface area contributed by atoms with Gasteiger partial charge >= 0.3 is 0 Å². The maximum absolute atomic E-state index is 8.75. The largest absolute Gasteiger partial charge is 0.486 e. The first-order chi connectivity index (χ1) is 24.3. The molecule has 0 amide bonds. The van der Waals surface area contributed by atoms with E-state index in [1.165, 1.54) is 6.07 Å². The van der Waals surface area contributed by atoms with E-state index in [4.69, 9.17) is 14.0 Å². The van der Waals surface area contributed by atoms with Gasteiger partial charge in [0.15, 0.2) is 0 Å². The van der Waals surface area contributed by atoms with Crippen LogP contribution in [0.3, 0.4) is 0 Å².